The molecule has 1 saturated carbocycles. The van der Waals surface area contributed by atoms with Gasteiger partial charge in [-0.2, -0.15) is 0 Å². The van der Waals surface area contributed by atoms with Gasteiger partial charge >= 0.3 is 0 Å². The van der Waals surface area contributed by atoms with Gasteiger partial charge in [-0.25, -0.2) is 13.1 Å². The summed E-state index contributed by atoms with van der Waals surface area (Å²) in [6.07, 6.45) is 5.83. The smallest absolute Gasteiger partial charge is 0.254 e. The Hall–Kier alpha value is -1.22. The standard InChI is InChI=1S/C20H32N2O5S/c1-13-4-7-16-8-11-18(21-28(3,25)26)19(22(16)20(13)24)12-27-17-9-5-15(6-10-17)14(2)23/h4,7,14-15,17-19,21,23H,5-6,8-12H2,1-3H3/t14?,15?,17?,18-,19-/m0/s1. The molecule has 3 rings (SSSR count). The molecule has 2 heterocycles. The van der Waals surface area contributed by atoms with Crippen molar-refractivity contribution in [3.8, 4) is 0 Å². The van der Waals surface area contributed by atoms with E-state index in [1.807, 2.05) is 19.1 Å². The summed E-state index contributed by atoms with van der Waals surface area (Å²) in [4.78, 5) is 12.8. The molecule has 0 amide bonds. The van der Waals surface area contributed by atoms with Crippen molar-refractivity contribution in [2.24, 2.45) is 5.92 Å². The Morgan fingerprint density at radius 2 is 1.93 bits per heavy atom. The molecule has 8 heteroatoms. The number of nitrogens with zero attached hydrogens (tertiary/aromatic N) is 1. The van der Waals surface area contributed by atoms with E-state index in [-0.39, 0.29) is 29.9 Å². The largest absolute Gasteiger partial charge is 0.393 e. The van der Waals surface area contributed by atoms with Crippen LogP contribution in [0.2, 0.25) is 0 Å². The second-order valence-electron chi connectivity index (χ2n) is 8.40. The van der Waals surface area contributed by atoms with Crippen LogP contribution in [0.15, 0.2) is 16.9 Å². The molecule has 28 heavy (non-hydrogen) atoms. The van der Waals surface area contributed by atoms with Gasteiger partial charge < -0.3 is 14.4 Å². The zero-order chi connectivity index (χ0) is 20.5. The van der Waals surface area contributed by atoms with Gasteiger partial charge in [0.25, 0.3) is 5.56 Å². The highest BCUT2D eigenvalue weighted by Gasteiger charge is 2.34. The first-order valence-electron chi connectivity index (χ1n) is 10.1. The van der Waals surface area contributed by atoms with E-state index in [1.54, 1.807) is 11.5 Å². The molecular formula is C20H32N2O5S. The fourth-order valence-corrected chi connectivity index (χ4v) is 5.34. The van der Waals surface area contributed by atoms with E-state index in [0.29, 0.717) is 30.9 Å². The summed E-state index contributed by atoms with van der Waals surface area (Å²) >= 11 is 0. The molecule has 0 spiro atoms. The lowest BCUT2D eigenvalue weighted by Gasteiger charge is -2.37. The third-order valence-corrected chi connectivity index (χ3v) is 6.90. The molecule has 0 saturated heterocycles. The van der Waals surface area contributed by atoms with Crippen molar-refractivity contribution >= 4 is 10.0 Å². The molecule has 1 aromatic heterocycles. The van der Waals surface area contributed by atoms with E-state index in [2.05, 4.69) is 4.72 Å². The van der Waals surface area contributed by atoms with E-state index >= 15 is 0 Å². The van der Waals surface area contributed by atoms with Gasteiger partial charge in [0.2, 0.25) is 10.0 Å². The molecule has 0 aromatic carbocycles. The molecule has 1 aliphatic carbocycles. The van der Waals surface area contributed by atoms with Crippen LogP contribution in [0.1, 0.15) is 56.3 Å². The second kappa shape index (κ2) is 8.65. The quantitative estimate of drug-likeness (QED) is 0.738. The number of nitrogens with one attached hydrogen (secondary N) is 1. The number of aliphatic hydroxyl groups is 1. The van der Waals surface area contributed by atoms with Crippen molar-refractivity contribution in [2.45, 2.75) is 76.7 Å². The SMILES string of the molecule is Cc1ccc2n(c1=O)[C@@H](COC1CCC(C(C)O)CC1)[C@@H](NS(C)(=O)=O)CC2. The topological polar surface area (TPSA) is 97.6 Å². The second-order valence-corrected chi connectivity index (χ2v) is 10.2. The van der Waals surface area contributed by atoms with Crippen LogP contribution in [0, 0.1) is 12.8 Å². The van der Waals surface area contributed by atoms with Crippen molar-refractivity contribution in [3.63, 3.8) is 0 Å². The van der Waals surface area contributed by atoms with Crippen molar-refractivity contribution in [1.82, 2.24) is 9.29 Å². The van der Waals surface area contributed by atoms with Gasteiger partial charge in [0.1, 0.15) is 0 Å². The Morgan fingerprint density at radius 3 is 2.54 bits per heavy atom. The van der Waals surface area contributed by atoms with Crippen LogP contribution in [-0.2, 0) is 21.2 Å². The molecule has 1 fully saturated rings. The lowest BCUT2D eigenvalue weighted by molar-refractivity contribution is -0.0198. The maximum Gasteiger partial charge on any atom is 0.254 e. The predicted molar refractivity (Wildman–Crippen MR) is 108 cm³/mol. The Balaban J connectivity index is 1.77. The summed E-state index contributed by atoms with van der Waals surface area (Å²) in [6, 6.07) is 3.05. The Labute approximate surface area is 167 Å². The van der Waals surface area contributed by atoms with Crippen LogP contribution in [0.25, 0.3) is 0 Å². The maximum absolute atomic E-state index is 12.8. The third-order valence-electron chi connectivity index (χ3n) is 6.17. The van der Waals surface area contributed by atoms with Crippen LogP contribution in [0.4, 0.5) is 0 Å². The number of hydrogen-bond acceptors (Lipinski definition) is 5. The number of aromatic nitrogens is 1. The highest BCUT2D eigenvalue weighted by molar-refractivity contribution is 7.88. The zero-order valence-corrected chi connectivity index (χ0v) is 17.7. The molecule has 2 aliphatic rings. The number of ether oxygens (including phenoxy) is 1. The summed E-state index contributed by atoms with van der Waals surface area (Å²) in [5.74, 6) is 0.320. The third kappa shape index (κ3) is 5.03. The average Bonchev–Trinajstić information content (AvgIpc) is 2.63. The number of pyridine rings is 1. The normalized spacial score (nSPS) is 29.3. The Morgan fingerprint density at radius 1 is 1.25 bits per heavy atom. The number of aliphatic hydroxyl groups excluding tert-OH is 1. The molecule has 2 N–H and O–H groups in total. The number of aryl methyl sites for hydroxylation is 2. The van der Waals surface area contributed by atoms with Gasteiger partial charge in [-0.05, 0) is 64.4 Å². The molecule has 1 unspecified atom stereocenters. The predicted octanol–water partition coefficient (Wildman–Crippen LogP) is 1.52. The van der Waals surface area contributed by atoms with Crippen molar-refractivity contribution in [2.75, 3.05) is 12.9 Å². The molecule has 158 valence electrons. The highest BCUT2D eigenvalue weighted by Crippen LogP contribution is 2.30. The van der Waals surface area contributed by atoms with Gasteiger partial charge in [-0.15, -0.1) is 0 Å². The molecule has 3 atom stereocenters. The molecule has 1 aromatic rings. The Kier molecular flexibility index (Phi) is 6.64. The summed E-state index contributed by atoms with van der Waals surface area (Å²) in [7, 11) is -3.39. The molecule has 7 nitrogen and oxygen atoms in total. The molecule has 0 radical (unpaired) electrons. The number of sulfonamides is 1. The monoisotopic (exact) mass is 412 g/mol. The number of hydrogen-bond donors (Lipinski definition) is 2. The minimum absolute atomic E-state index is 0.0797. The van der Waals surface area contributed by atoms with Crippen LogP contribution in [0.5, 0.6) is 0 Å². The average molecular weight is 413 g/mol. The van der Waals surface area contributed by atoms with Gasteiger partial charge in [0, 0.05) is 17.3 Å². The first kappa shape index (κ1) is 21.5. The summed E-state index contributed by atoms with van der Waals surface area (Å²) < 4.78 is 34.3. The minimum atomic E-state index is -3.39. The first-order chi connectivity index (χ1) is 13.2. The first-order valence-corrected chi connectivity index (χ1v) is 12.0. The molecule has 0 bridgehead atoms. The Bertz CT molecular complexity index is 841. The fraction of sp³-hybridized carbons (Fsp3) is 0.750. The lowest BCUT2D eigenvalue weighted by Crippen LogP contribution is -2.49. The van der Waals surface area contributed by atoms with Crippen molar-refractivity contribution in [1.29, 1.82) is 0 Å². The summed E-state index contributed by atoms with van der Waals surface area (Å²) in [6.45, 7) is 3.91. The van der Waals surface area contributed by atoms with Crippen molar-refractivity contribution < 1.29 is 18.3 Å². The number of rotatable bonds is 6. The van der Waals surface area contributed by atoms with Gasteiger partial charge in [0.15, 0.2) is 0 Å². The molecular weight excluding hydrogens is 380 g/mol. The zero-order valence-electron chi connectivity index (χ0n) is 16.9. The highest BCUT2D eigenvalue weighted by atomic mass is 32.2. The van der Waals surface area contributed by atoms with Crippen molar-refractivity contribution in [3.05, 3.63) is 33.7 Å². The molecule has 1 aliphatic heterocycles. The lowest BCUT2D eigenvalue weighted by atomic mass is 9.84. The van der Waals surface area contributed by atoms with E-state index in [0.717, 1.165) is 37.6 Å². The number of fused-ring (bicyclic) bond motifs is 1. The van der Waals surface area contributed by atoms with E-state index < -0.39 is 10.0 Å². The summed E-state index contributed by atoms with van der Waals surface area (Å²) in [5, 5.41) is 9.76. The van der Waals surface area contributed by atoms with Gasteiger partial charge in [-0.3, -0.25) is 4.79 Å². The van der Waals surface area contributed by atoms with Crippen LogP contribution in [-0.4, -0.2) is 49.2 Å². The fourth-order valence-electron chi connectivity index (χ4n) is 4.51. The van der Waals surface area contributed by atoms with E-state index in [4.69, 9.17) is 4.74 Å². The summed E-state index contributed by atoms with van der Waals surface area (Å²) in [5.41, 5.74) is 1.49. The van der Waals surface area contributed by atoms with E-state index in [1.165, 1.54) is 0 Å². The van der Waals surface area contributed by atoms with Crippen LogP contribution >= 0.6 is 0 Å². The van der Waals surface area contributed by atoms with Gasteiger partial charge in [-0.1, -0.05) is 6.07 Å². The van der Waals surface area contributed by atoms with E-state index in [9.17, 15) is 18.3 Å². The van der Waals surface area contributed by atoms with Crippen LogP contribution in [0.3, 0.4) is 0 Å². The van der Waals surface area contributed by atoms with Gasteiger partial charge in [0.05, 0.1) is 31.1 Å². The maximum atomic E-state index is 12.8. The van der Waals surface area contributed by atoms with Crippen LogP contribution < -0.4 is 10.3 Å². The minimum Gasteiger partial charge on any atom is -0.393 e.